The minimum Gasteiger partial charge on any atom is -0.436 e. The number of rotatable bonds is 10. The zero-order chi connectivity index (χ0) is 43.8. The second-order valence-corrected chi connectivity index (χ2v) is 16.3. The molecule has 1 aliphatic heterocycles. The van der Waals surface area contributed by atoms with Gasteiger partial charge in [-0.25, -0.2) is 15.0 Å². The Morgan fingerprint density at radius 3 is 1.38 bits per heavy atom. The van der Waals surface area contributed by atoms with Crippen LogP contribution >= 0.6 is 0 Å². The Bertz CT molecular complexity index is 3530. The molecule has 0 aliphatic carbocycles. The van der Waals surface area contributed by atoms with E-state index in [4.69, 9.17) is 24.4 Å². The minimum absolute atomic E-state index is 0.591. The van der Waals surface area contributed by atoms with E-state index in [2.05, 4.69) is 180 Å². The molecule has 0 amide bonds. The fourth-order valence-corrected chi connectivity index (χ4v) is 8.89. The first-order valence-electron chi connectivity index (χ1n) is 22.1. The van der Waals surface area contributed by atoms with Gasteiger partial charge >= 0.3 is 0 Å². The van der Waals surface area contributed by atoms with Gasteiger partial charge in [0.1, 0.15) is 5.52 Å². The highest BCUT2D eigenvalue weighted by molar-refractivity contribution is 6.07. The van der Waals surface area contributed by atoms with Gasteiger partial charge in [-0.1, -0.05) is 115 Å². The van der Waals surface area contributed by atoms with Crippen LogP contribution in [0.15, 0.2) is 240 Å². The van der Waals surface area contributed by atoms with E-state index in [0.717, 1.165) is 108 Å². The first-order valence-corrected chi connectivity index (χ1v) is 22.1. The van der Waals surface area contributed by atoms with Crippen molar-refractivity contribution in [3.8, 4) is 34.0 Å². The molecule has 2 aromatic heterocycles. The zero-order valence-corrected chi connectivity index (χ0v) is 35.7. The normalized spacial score (nSPS) is 12.0. The number of para-hydroxylation sites is 7. The molecule has 12 rings (SSSR count). The lowest BCUT2D eigenvalue weighted by Crippen LogP contribution is -2.11. The standard InChI is InChI=1S/C59H40N6O/c1-3-18-45(19-4-1)64(47-33-29-40(30-34-47)55-39-42-15-7-8-24-51(42)60-55)49-22-13-16-43(37-49)57-58(62-53-26-10-9-25-52(53)61-57)44-17-14-23-50(38-44)65(46-20-5-2-6-21-46)48-35-31-41(32-36-48)59-63-54-27-11-12-28-56(54)66-59/h1-38H,39H2. The zero-order valence-electron chi connectivity index (χ0n) is 35.7. The van der Waals surface area contributed by atoms with Crippen molar-refractivity contribution in [2.24, 2.45) is 4.99 Å². The van der Waals surface area contributed by atoms with Gasteiger partial charge in [-0.2, -0.15) is 0 Å². The monoisotopic (exact) mass is 848 g/mol. The molecule has 312 valence electrons. The maximum Gasteiger partial charge on any atom is 0.227 e. The van der Waals surface area contributed by atoms with Crippen molar-refractivity contribution in [3.05, 3.63) is 242 Å². The van der Waals surface area contributed by atoms with Gasteiger partial charge in [-0.05, 0) is 126 Å². The van der Waals surface area contributed by atoms with Crippen molar-refractivity contribution in [2.75, 3.05) is 9.80 Å². The summed E-state index contributed by atoms with van der Waals surface area (Å²) in [4.78, 5) is 25.0. The molecule has 3 heterocycles. The number of aliphatic imine (C=N–C) groups is 1. The van der Waals surface area contributed by atoms with Crippen molar-refractivity contribution in [1.29, 1.82) is 0 Å². The second-order valence-electron chi connectivity index (χ2n) is 16.3. The average molecular weight is 849 g/mol. The third-order valence-corrected chi connectivity index (χ3v) is 12.1. The SMILES string of the molecule is c1ccc(N(c2ccc(C3=Nc4ccccc4C3)cc2)c2cccc(-c3nc4ccccc4nc3-c3cccc(N(c4ccccc4)c4ccc(-c5nc6ccccc6o5)cc4)c3)c2)cc1. The summed E-state index contributed by atoms with van der Waals surface area (Å²) in [5.41, 5.74) is 18.3. The fourth-order valence-electron chi connectivity index (χ4n) is 8.89. The molecular formula is C59H40N6O. The molecule has 7 nitrogen and oxygen atoms in total. The summed E-state index contributed by atoms with van der Waals surface area (Å²) >= 11 is 0. The van der Waals surface area contributed by atoms with Crippen molar-refractivity contribution in [3.63, 3.8) is 0 Å². The Hall–Kier alpha value is -8.94. The number of benzene rings is 9. The largest absolute Gasteiger partial charge is 0.436 e. The van der Waals surface area contributed by atoms with Crippen LogP contribution in [-0.4, -0.2) is 20.7 Å². The Balaban J connectivity index is 0.935. The highest BCUT2D eigenvalue weighted by Crippen LogP contribution is 2.42. The molecule has 0 fully saturated rings. The molecule has 11 aromatic rings. The molecule has 7 heteroatoms. The third kappa shape index (κ3) is 7.34. The number of hydrogen-bond donors (Lipinski definition) is 0. The van der Waals surface area contributed by atoms with Crippen LogP contribution in [0.4, 0.5) is 39.8 Å². The van der Waals surface area contributed by atoms with Gasteiger partial charge in [-0.3, -0.25) is 4.99 Å². The Morgan fingerprint density at radius 1 is 0.348 bits per heavy atom. The first kappa shape index (κ1) is 38.7. The summed E-state index contributed by atoms with van der Waals surface area (Å²) in [6.07, 6.45) is 0.831. The molecule has 0 unspecified atom stereocenters. The van der Waals surface area contributed by atoms with Crippen molar-refractivity contribution in [2.45, 2.75) is 6.42 Å². The van der Waals surface area contributed by atoms with Gasteiger partial charge in [0.15, 0.2) is 5.58 Å². The second kappa shape index (κ2) is 16.6. The van der Waals surface area contributed by atoms with Crippen LogP contribution in [0.25, 0.3) is 56.1 Å². The number of anilines is 6. The number of hydrogen-bond acceptors (Lipinski definition) is 7. The molecular weight excluding hydrogens is 809 g/mol. The number of fused-ring (bicyclic) bond motifs is 3. The summed E-state index contributed by atoms with van der Waals surface area (Å²) in [6, 6.07) is 79.5. The van der Waals surface area contributed by atoms with Gasteiger partial charge < -0.3 is 14.2 Å². The lowest BCUT2D eigenvalue weighted by molar-refractivity contribution is 0.620. The molecule has 0 bridgehead atoms. The molecule has 66 heavy (non-hydrogen) atoms. The number of nitrogens with zero attached hydrogens (tertiary/aromatic N) is 6. The highest BCUT2D eigenvalue weighted by Gasteiger charge is 2.21. The maximum absolute atomic E-state index is 6.12. The predicted octanol–water partition coefficient (Wildman–Crippen LogP) is 15.4. The third-order valence-electron chi connectivity index (χ3n) is 12.1. The van der Waals surface area contributed by atoms with E-state index in [0.29, 0.717) is 5.89 Å². The van der Waals surface area contributed by atoms with Crippen molar-refractivity contribution >= 4 is 67.7 Å². The highest BCUT2D eigenvalue weighted by atomic mass is 16.3. The van der Waals surface area contributed by atoms with Crippen LogP contribution in [0.5, 0.6) is 0 Å². The molecule has 0 N–H and O–H groups in total. The topological polar surface area (TPSA) is 70.7 Å². The van der Waals surface area contributed by atoms with E-state index in [1.165, 1.54) is 5.56 Å². The fraction of sp³-hybridized carbons (Fsp3) is 0.0169. The number of oxazole rings is 1. The first-order chi connectivity index (χ1) is 32.7. The molecule has 1 aliphatic rings. The van der Waals surface area contributed by atoms with Crippen LogP contribution < -0.4 is 9.80 Å². The lowest BCUT2D eigenvalue weighted by Gasteiger charge is -2.26. The average Bonchev–Trinajstić information content (AvgIpc) is 4.03. The van der Waals surface area contributed by atoms with Gasteiger partial charge in [-0.15, -0.1) is 0 Å². The van der Waals surface area contributed by atoms with Gasteiger partial charge in [0.25, 0.3) is 0 Å². The molecule has 9 aromatic carbocycles. The molecule has 0 spiro atoms. The van der Waals surface area contributed by atoms with Crippen molar-refractivity contribution < 1.29 is 4.42 Å². The summed E-state index contributed by atoms with van der Waals surface area (Å²) < 4.78 is 6.12. The van der Waals surface area contributed by atoms with E-state index in [1.54, 1.807) is 0 Å². The van der Waals surface area contributed by atoms with E-state index < -0.39 is 0 Å². The Morgan fingerprint density at radius 2 is 0.818 bits per heavy atom. The molecule has 0 saturated carbocycles. The summed E-state index contributed by atoms with van der Waals surface area (Å²) in [5, 5.41) is 0. The van der Waals surface area contributed by atoms with Crippen LogP contribution in [0.1, 0.15) is 11.1 Å². The predicted molar refractivity (Wildman–Crippen MR) is 269 cm³/mol. The van der Waals surface area contributed by atoms with Crippen LogP contribution in [0.2, 0.25) is 0 Å². The van der Waals surface area contributed by atoms with Crippen LogP contribution in [0.3, 0.4) is 0 Å². The van der Waals surface area contributed by atoms with Gasteiger partial charge in [0.05, 0.1) is 33.8 Å². The van der Waals surface area contributed by atoms with E-state index in [1.807, 2.05) is 60.7 Å². The van der Waals surface area contributed by atoms with Gasteiger partial charge in [0, 0.05) is 57.2 Å². The number of aromatic nitrogens is 3. The summed E-state index contributed by atoms with van der Waals surface area (Å²) in [7, 11) is 0. The molecule has 0 saturated heterocycles. The summed E-state index contributed by atoms with van der Waals surface area (Å²) in [6.45, 7) is 0. The van der Waals surface area contributed by atoms with Crippen LogP contribution in [-0.2, 0) is 6.42 Å². The van der Waals surface area contributed by atoms with E-state index in [9.17, 15) is 0 Å². The minimum atomic E-state index is 0.591. The quantitative estimate of drug-likeness (QED) is 0.137. The lowest BCUT2D eigenvalue weighted by atomic mass is 10.0. The molecule has 0 radical (unpaired) electrons. The van der Waals surface area contributed by atoms with E-state index >= 15 is 0 Å². The smallest absolute Gasteiger partial charge is 0.227 e. The van der Waals surface area contributed by atoms with Crippen LogP contribution in [0, 0.1) is 0 Å². The Kier molecular flexibility index (Phi) is 9.76. The summed E-state index contributed by atoms with van der Waals surface area (Å²) in [5.74, 6) is 0.591. The van der Waals surface area contributed by atoms with Crippen molar-refractivity contribution in [1.82, 2.24) is 15.0 Å². The maximum atomic E-state index is 6.12. The molecule has 0 atom stereocenters. The van der Waals surface area contributed by atoms with Gasteiger partial charge in [0.2, 0.25) is 5.89 Å². The van der Waals surface area contributed by atoms with E-state index in [-0.39, 0.29) is 0 Å². The Labute approximate surface area is 382 Å².